The molecule has 0 N–H and O–H groups in total. The molecule has 176 valence electrons. The number of hydrogen-bond donors (Lipinski definition) is 0. The maximum absolute atomic E-state index is 13.5. The maximum atomic E-state index is 13.5. The van der Waals surface area contributed by atoms with Gasteiger partial charge in [-0.2, -0.15) is 5.10 Å². The van der Waals surface area contributed by atoms with Crippen molar-refractivity contribution in [3.05, 3.63) is 83.7 Å². The Morgan fingerprint density at radius 1 is 1.00 bits per heavy atom. The molecule has 5 rings (SSSR count). The molecule has 0 aliphatic carbocycles. The van der Waals surface area contributed by atoms with E-state index in [4.69, 9.17) is 4.74 Å². The fourth-order valence-electron chi connectivity index (χ4n) is 5.33. The number of piperidine rings is 2. The molecule has 34 heavy (non-hydrogen) atoms. The molecule has 0 unspecified atom stereocenters. The smallest absolute Gasteiger partial charge is 0.254 e. The molecule has 0 radical (unpaired) electrons. The molecular formula is C27H30N4O3. The van der Waals surface area contributed by atoms with Crippen LogP contribution in [0.5, 0.6) is 5.75 Å². The van der Waals surface area contributed by atoms with Crippen molar-refractivity contribution in [1.29, 1.82) is 0 Å². The summed E-state index contributed by atoms with van der Waals surface area (Å²) in [6, 6.07) is 17.3. The molecule has 0 saturated carbocycles. The molecule has 2 amide bonds. The Balaban J connectivity index is 1.28. The van der Waals surface area contributed by atoms with Crippen molar-refractivity contribution in [3.8, 4) is 5.75 Å². The molecule has 2 fully saturated rings. The third kappa shape index (κ3) is 4.55. The Morgan fingerprint density at radius 2 is 1.82 bits per heavy atom. The highest BCUT2D eigenvalue weighted by molar-refractivity contribution is 5.95. The Bertz CT molecular complexity index is 1160. The summed E-state index contributed by atoms with van der Waals surface area (Å²) in [4.78, 5) is 30.6. The molecule has 3 aromatic rings. The van der Waals surface area contributed by atoms with E-state index < -0.39 is 0 Å². The Morgan fingerprint density at radius 3 is 2.62 bits per heavy atom. The molecule has 3 heterocycles. The number of benzene rings is 2. The van der Waals surface area contributed by atoms with Gasteiger partial charge in [0, 0.05) is 49.2 Å². The second kappa shape index (κ2) is 9.71. The van der Waals surface area contributed by atoms with Crippen molar-refractivity contribution < 1.29 is 14.3 Å². The van der Waals surface area contributed by atoms with Gasteiger partial charge < -0.3 is 14.5 Å². The van der Waals surface area contributed by atoms with Crippen LogP contribution in [0.4, 0.5) is 0 Å². The average Bonchev–Trinajstić information content (AvgIpc) is 3.40. The topological polar surface area (TPSA) is 67.7 Å². The van der Waals surface area contributed by atoms with Crippen molar-refractivity contribution in [3.63, 3.8) is 0 Å². The lowest BCUT2D eigenvalue weighted by molar-refractivity contribution is 0.0197. The summed E-state index contributed by atoms with van der Waals surface area (Å²) in [6.07, 6.45) is 6.48. The van der Waals surface area contributed by atoms with Crippen LogP contribution in [0.2, 0.25) is 0 Å². The summed E-state index contributed by atoms with van der Waals surface area (Å²) in [5.41, 5.74) is 2.43. The average molecular weight is 459 g/mol. The number of rotatable bonds is 5. The van der Waals surface area contributed by atoms with Gasteiger partial charge in [-0.15, -0.1) is 0 Å². The largest absolute Gasteiger partial charge is 0.497 e. The minimum atomic E-state index is 0.0344. The van der Waals surface area contributed by atoms with Crippen molar-refractivity contribution in [2.75, 3.05) is 26.7 Å². The van der Waals surface area contributed by atoms with Gasteiger partial charge in [0.2, 0.25) is 0 Å². The van der Waals surface area contributed by atoms with E-state index in [2.05, 4.69) is 10.00 Å². The van der Waals surface area contributed by atoms with E-state index >= 15 is 0 Å². The van der Waals surface area contributed by atoms with Crippen molar-refractivity contribution >= 4 is 11.8 Å². The van der Waals surface area contributed by atoms with Crippen LogP contribution in [-0.2, 0) is 6.54 Å². The second-order valence-electron chi connectivity index (χ2n) is 9.14. The third-order valence-electron chi connectivity index (χ3n) is 7.01. The minimum absolute atomic E-state index is 0.0344. The van der Waals surface area contributed by atoms with E-state index in [0.717, 1.165) is 36.9 Å². The van der Waals surface area contributed by atoms with E-state index in [9.17, 15) is 9.59 Å². The van der Waals surface area contributed by atoms with Crippen LogP contribution >= 0.6 is 0 Å². The summed E-state index contributed by atoms with van der Waals surface area (Å²) < 4.78 is 7.14. The predicted molar refractivity (Wildman–Crippen MR) is 129 cm³/mol. The van der Waals surface area contributed by atoms with E-state index in [1.807, 2.05) is 64.3 Å². The highest BCUT2D eigenvalue weighted by atomic mass is 16.5. The number of carbonyl (C=O) groups excluding carboxylic acids is 2. The van der Waals surface area contributed by atoms with E-state index in [-0.39, 0.29) is 17.9 Å². The van der Waals surface area contributed by atoms with E-state index in [0.29, 0.717) is 36.9 Å². The van der Waals surface area contributed by atoms with Crippen molar-refractivity contribution in [1.82, 2.24) is 19.6 Å². The van der Waals surface area contributed by atoms with Gasteiger partial charge in [0.1, 0.15) is 5.75 Å². The van der Waals surface area contributed by atoms with Gasteiger partial charge in [0.25, 0.3) is 11.8 Å². The lowest BCUT2D eigenvalue weighted by Crippen LogP contribution is -2.56. The zero-order valence-corrected chi connectivity index (χ0v) is 19.5. The Labute approximate surface area is 199 Å². The van der Waals surface area contributed by atoms with E-state index in [1.54, 1.807) is 19.4 Å². The number of hydrogen-bond acceptors (Lipinski definition) is 4. The van der Waals surface area contributed by atoms with Crippen LogP contribution in [0.25, 0.3) is 0 Å². The Kier molecular flexibility index (Phi) is 6.34. The van der Waals surface area contributed by atoms with Gasteiger partial charge in [-0.3, -0.25) is 14.3 Å². The third-order valence-corrected chi connectivity index (χ3v) is 7.01. The molecule has 7 nitrogen and oxygen atoms in total. The first kappa shape index (κ1) is 22.2. The van der Waals surface area contributed by atoms with Crippen LogP contribution in [0.3, 0.4) is 0 Å². The van der Waals surface area contributed by atoms with Crippen LogP contribution in [0, 0.1) is 5.92 Å². The fraction of sp³-hybridized carbons (Fsp3) is 0.370. The molecule has 2 atom stereocenters. The highest BCUT2D eigenvalue weighted by Crippen LogP contribution is 2.32. The molecule has 7 heteroatoms. The zero-order valence-electron chi connectivity index (χ0n) is 19.5. The van der Waals surface area contributed by atoms with Crippen LogP contribution in [0.1, 0.15) is 45.5 Å². The number of carbonyl (C=O) groups is 2. The summed E-state index contributed by atoms with van der Waals surface area (Å²) in [6.45, 7) is 2.75. The zero-order chi connectivity index (χ0) is 23.5. The number of methoxy groups -OCH3 is 1. The second-order valence-corrected chi connectivity index (χ2v) is 9.14. The monoisotopic (exact) mass is 458 g/mol. The summed E-state index contributed by atoms with van der Waals surface area (Å²) >= 11 is 0. The van der Waals surface area contributed by atoms with Gasteiger partial charge >= 0.3 is 0 Å². The standard InChI is InChI=1S/C27H30N4O3/c1-34-24-10-3-8-22(17-24)26(32)29-15-11-25-23(19-29)9-4-14-31(25)27(33)21-7-2-6-20(16-21)18-30-13-5-12-28-30/h2-3,5-8,10,12-13,16-17,23,25H,4,9,11,14-15,18-19H2,1H3/t23-,25-/m1/s1. The normalized spacial score (nSPS) is 20.0. The van der Waals surface area contributed by atoms with Crippen LogP contribution in [0.15, 0.2) is 67.0 Å². The van der Waals surface area contributed by atoms with Crippen molar-refractivity contribution in [2.24, 2.45) is 5.92 Å². The van der Waals surface area contributed by atoms with Gasteiger partial charge in [0.05, 0.1) is 13.7 Å². The molecule has 1 aromatic heterocycles. The first-order valence-electron chi connectivity index (χ1n) is 11.9. The van der Waals surface area contributed by atoms with E-state index in [1.165, 1.54) is 0 Å². The molecule has 2 saturated heterocycles. The number of ether oxygens (including phenoxy) is 1. The number of likely N-dealkylation sites (tertiary alicyclic amines) is 2. The fourth-order valence-corrected chi connectivity index (χ4v) is 5.33. The summed E-state index contributed by atoms with van der Waals surface area (Å²) in [5.74, 6) is 1.11. The van der Waals surface area contributed by atoms with Gasteiger partial charge in [-0.05, 0) is 67.1 Å². The number of nitrogens with zero attached hydrogens (tertiary/aromatic N) is 4. The number of aromatic nitrogens is 2. The van der Waals surface area contributed by atoms with Gasteiger partial charge in [0.15, 0.2) is 0 Å². The quantitative estimate of drug-likeness (QED) is 0.585. The Hall–Kier alpha value is -3.61. The van der Waals surface area contributed by atoms with Gasteiger partial charge in [-0.25, -0.2) is 0 Å². The molecule has 0 spiro atoms. The lowest BCUT2D eigenvalue weighted by atomic mass is 9.83. The van der Waals surface area contributed by atoms with Crippen LogP contribution < -0.4 is 4.74 Å². The summed E-state index contributed by atoms with van der Waals surface area (Å²) in [7, 11) is 1.61. The molecule has 2 aliphatic rings. The minimum Gasteiger partial charge on any atom is -0.497 e. The number of fused-ring (bicyclic) bond motifs is 1. The van der Waals surface area contributed by atoms with Gasteiger partial charge in [-0.1, -0.05) is 18.2 Å². The summed E-state index contributed by atoms with van der Waals surface area (Å²) in [5, 5.41) is 4.26. The SMILES string of the molecule is COc1cccc(C(=O)N2CC[C@@H]3[C@H](CCCN3C(=O)c3cccc(Cn4cccn4)c3)C2)c1. The first-order chi connectivity index (χ1) is 16.6. The van der Waals surface area contributed by atoms with Crippen LogP contribution in [-0.4, -0.2) is 64.2 Å². The molecular weight excluding hydrogens is 428 g/mol. The van der Waals surface area contributed by atoms with Crippen molar-refractivity contribution in [2.45, 2.75) is 31.8 Å². The lowest BCUT2D eigenvalue weighted by Gasteiger charge is -2.47. The highest BCUT2D eigenvalue weighted by Gasteiger charge is 2.39. The molecule has 0 bridgehead atoms. The number of amides is 2. The predicted octanol–water partition coefficient (Wildman–Crippen LogP) is 3.71. The first-order valence-corrected chi connectivity index (χ1v) is 11.9. The molecule has 2 aliphatic heterocycles. The molecule has 2 aromatic carbocycles. The maximum Gasteiger partial charge on any atom is 0.254 e.